The van der Waals surface area contributed by atoms with E-state index in [0.717, 1.165) is 24.5 Å². The van der Waals surface area contributed by atoms with Crippen LogP contribution in [0.4, 0.5) is 5.69 Å². The lowest BCUT2D eigenvalue weighted by molar-refractivity contribution is 0.566. The SMILES string of the molecule is NCC1CC2Cc3c(Cl)cccc3N2C1. The van der Waals surface area contributed by atoms with E-state index in [1.807, 2.05) is 12.1 Å². The first-order valence-electron chi connectivity index (χ1n) is 5.53. The minimum Gasteiger partial charge on any atom is -0.368 e. The van der Waals surface area contributed by atoms with Crippen LogP contribution in [0.25, 0.3) is 0 Å². The Morgan fingerprint density at radius 2 is 2.33 bits per heavy atom. The maximum Gasteiger partial charge on any atom is 0.0459 e. The van der Waals surface area contributed by atoms with Gasteiger partial charge in [0.25, 0.3) is 0 Å². The molecule has 0 aromatic heterocycles. The molecule has 1 fully saturated rings. The third-order valence-corrected chi connectivity index (χ3v) is 4.03. The second-order valence-corrected chi connectivity index (χ2v) is 4.99. The first-order valence-corrected chi connectivity index (χ1v) is 5.91. The first kappa shape index (κ1) is 9.49. The molecule has 0 radical (unpaired) electrons. The molecule has 15 heavy (non-hydrogen) atoms. The second-order valence-electron chi connectivity index (χ2n) is 4.59. The fourth-order valence-corrected chi connectivity index (χ4v) is 3.17. The Morgan fingerprint density at radius 3 is 3.13 bits per heavy atom. The average molecular weight is 223 g/mol. The van der Waals surface area contributed by atoms with Crippen LogP contribution in [0.3, 0.4) is 0 Å². The van der Waals surface area contributed by atoms with Gasteiger partial charge in [-0.25, -0.2) is 0 Å². The van der Waals surface area contributed by atoms with E-state index in [0.29, 0.717) is 12.0 Å². The normalized spacial score (nSPS) is 28.0. The van der Waals surface area contributed by atoms with Crippen LogP contribution in [0.1, 0.15) is 12.0 Å². The van der Waals surface area contributed by atoms with E-state index in [1.165, 1.54) is 17.7 Å². The summed E-state index contributed by atoms with van der Waals surface area (Å²) in [5.41, 5.74) is 8.40. The molecule has 0 amide bonds. The number of halogens is 1. The van der Waals surface area contributed by atoms with Crippen LogP contribution in [-0.4, -0.2) is 19.1 Å². The quantitative estimate of drug-likeness (QED) is 0.788. The number of hydrogen-bond donors (Lipinski definition) is 1. The van der Waals surface area contributed by atoms with Crippen molar-refractivity contribution < 1.29 is 0 Å². The number of anilines is 1. The average Bonchev–Trinajstić information content (AvgIpc) is 2.76. The van der Waals surface area contributed by atoms with Gasteiger partial charge >= 0.3 is 0 Å². The second kappa shape index (κ2) is 3.39. The first-order chi connectivity index (χ1) is 7.29. The largest absolute Gasteiger partial charge is 0.368 e. The molecule has 2 aliphatic rings. The van der Waals surface area contributed by atoms with Gasteiger partial charge < -0.3 is 10.6 Å². The Hall–Kier alpha value is -0.730. The summed E-state index contributed by atoms with van der Waals surface area (Å²) in [5, 5.41) is 0.922. The molecule has 1 aromatic rings. The number of nitrogens with two attached hydrogens (primary N) is 1. The van der Waals surface area contributed by atoms with Gasteiger partial charge in [-0.3, -0.25) is 0 Å². The predicted octanol–water partition coefficient (Wildman–Crippen LogP) is 2.05. The van der Waals surface area contributed by atoms with Crippen LogP contribution >= 0.6 is 11.6 Å². The van der Waals surface area contributed by atoms with E-state index in [9.17, 15) is 0 Å². The molecular formula is C12H15ClN2. The summed E-state index contributed by atoms with van der Waals surface area (Å²) >= 11 is 6.20. The zero-order chi connectivity index (χ0) is 10.4. The Morgan fingerprint density at radius 1 is 1.47 bits per heavy atom. The van der Waals surface area contributed by atoms with Gasteiger partial charge in [-0.1, -0.05) is 17.7 Å². The van der Waals surface area contributed by atoms with Gasteiger partial charge in [0.2, 0.25) is 0 Å². The molecule has 2 N–H and O–H groups in total. The van der Waals surface area contributed by atoms with Crippen LogP contribution in [0.15, 0.2) is 18.2 Å². The fourth-order valence-electron chi connectivity index (χ4n) is 2.93. The van der Waals surface area contributed by atoms with Crippen molar-refractivity contribution in [1.29, 1.82) is 0 Å². The van der Waals surface area contributed by atoms with Crippen molar-refractivity contribution in [1.82, 2.24) is 0 Å². The molecule has 0 spiro atoms. The Bertz CT molecular complexity index is 391. The zero-order valence-corrected chi connectivity index (χ0v) is 9.37. The Labute approximate surface area is 95.0 Å². The number of nitrogens with zero attached hydrogens (tertiary/aromatic N) is 1. The smallest absolute Gasteiger partial charge is 0.0459 e. The highest BCUT2D eigenvalue weighted by molar-refractivity contribution is 6.31. The van der Waals surface area contributed by atoms with Crippen LogP contribution in [0.2, 0.25) is 5.02 Å². The summed E-state index contributed by atoms with van der Waals surface area (Å²) < 4.78 is 0. The maximum absolute atomic E-state index is 6.20. The van der Waals surface area contributed by atoms with Gasteiger partial charge in [-0.15, -0.1) is 0 Å². The molecule has 80 valence electrons. The van der Waals surface area contributed by atoms with Gasteiger partial charge in [-0.2, -0.15) is 0 Å². The number of fused-ring (bicyclic) bond motifs is 3. The van der Waals surface area contributed by atoms with E-state index in [2.05, 4.69) is 11.0 Å². The molecule has 3 heteroatoms. The summed E-state index contributed by atoms with van der Waals surface area (Å²) in [7, 11) is 0. The van der Waals surface area contributed by atoms with Crippen molar-refractivity contribution in [3.63, 3.8) is 0 Å². The zero-order valence-electron chi connectivity index (χ0n) is 8.62. The molecule has 2 nitrogen and oxygen atoms in total. The lowest BCUT2D eigenvalue weighted by Gasteiger charge is -2.18. The lowest BCUT2D eigenvalue weighted by Crippen LogP contribution is -2.25. The minimum atomic E-state index is 0.647. The molecule has 2 aliphatic heterocycles. The van der Waals surface area contributed by atoms with Gasteiger partial charge in [0.1, 0.15) is 0 Å². The molecule has 2 atom stereocenters. The molecular weight excluding hydrogens is 208 g/mol. The molecule has 3 rings (SSSR count). The molecule has 0 saturated carbocycles. The third-order valence-electron chi connectivity index (χ3n) is 3.68. The van der Waals surface area contributed by atoms with Crippen LogP contribution in [-0.2, 0) is 6.42 Å². The standard InChI is InChI=1S/C12H15ClN2/c13-11-2-1-3-12-10(11)5-9-4-8(6-14)7-15(9)12/h1-3,8-9H,4-7,14H2. The molecule has 0 aliphatic carbocycles. The van der Waals surface area contributed by atoms with Crippen molar-refractivity contribution in [3.8, 4) is 0 Å². The third kappa shape index (κ3) is 1.35. The molecule has 0 bridgehead atoms. The van der Waals surface area contributed by atoms with Crippen molar-refractivity contribution in [2.45, 2.75) is 18.9 Å². The molecule has 1 aromatic carbocycles. The monoisotopic (exact) mass is 222 g/mol. The number of hydrogen-bond acceptors (Lipinski definition) is 2. The lowest BCUT2D eigenvalue weighted by atomic mass is 10.0. The highest BCUT2D eigenvalue weighted by Gasteiger charge is 2.38. The fraction of sp³-hybridized carbons (Fsp3) is 0.500. The van der Waals surface area contributed by atoms with Crippen molar-refractivity contribution >= 4 is 17.3 Å². The topological polar surface area (TPSA) is 29.3 Å². The van der Waals surface area contributed by atoms with Crippen LogP contribution < -0.4 is 10.6 Å². The van der Waals surface area contributed by atoms with Crippen molar-refractivity contribution in [2.75, 3.05) is 18.0 Å². The minimum absolute atomic E-state index is 0.647. The van der Waals surface area contributed by atoms with Gasteiger partial charge in [-0.05, 0) is 43.0 Å². The van der Waals surface area contributed by atoms with Gasteiger partial charge in [0.05, 0.1) is 0 Å². The summed E-state index contributed by atoms with van der Waals surface area (Å²) in [6, 6.07) is 6.86. The van der Waals surface area contributed by atoms with E-state index in [1.54, 1.807) is 0 Å². The number of benzene rings is 1. The van der Waals surface area contributed by atoms with Crippen molar-refractivity contribution in [3.05, 3.63) is 28.8 Å². The predicted molar refractivity (Wildman–Crippen MR) is 63.5 cm³/mol. The molecule has 1 saturated heterocycles. The highest BCUT2D eigenvalue weighted by Crippen LogP contribution is 2.42. The van der Waals surface area contributed by atoms with Gasteiger partial charge in [0.15, 0.2) is 0 Å². The molecule has 2 heterocycles. The summed E-state index contributed by atoms with van der Waals surface area (Å²) in [4.78, 5) is 2.48. The maximum atomic E-state index is 6.20. The summed E-state index contributed by atoms with van der Waals surface area (Å²) in [6.45, 7) is 1.91. The Balaban J connectivity index is 1.96. The summed E-state index contributed by atoms with van der Waals surface area (Å²) in [6.07, 6.45) is 2.33. The van der Waals surface area contributed by atoms with Gasteiger partial charge in [0, 0.05) is 23.3 Å². The highest BCUT2D eigenvalue weighted by atomic mass is 35.5. The summed E-state index contributed by atoms with van der Waals surface area (Å²) in [5.74, 6) is 0.669. The van der Waals surface area contributed by atoms with Crippen molar-refractivity contribution in [2.24, 2.45) is 11.7 Å². The van der Waals surface area contributed by atoms with E-state index in [-0.39, 0.29) is 0 Å². The number of rotatable bonds is 1. The van der Waals surface area contributed by atoms with E-state index >= 15 is 0 Å². The van der Waals surface area contributed by atoms with E-state index < -0.39 is 0 Å². The van der Waals surface area contributed by atoms with Crippen LogP contribution in [0, 0.1) is 5.92 Å². The van der Waals surface area contributed by atoms with E-state index in [4.69, 9.17) is 17.3 Å². The van der Waals surface area contributed by atoms with Crippen LogP contribution in [0.5, 0.6) is 0 Å². The molecule has 2 unspecified atom stereocenters. The Kier molecular flexibility index (Phi) is 2.15.